The van der Waals surface area contributed by atoms with Crippen LogP contribution >= 0.6 is 0 Å². The molecule has 44 heavy (non-hydrogen) atoms. The molecule has 0 amide bonds. The van der Waals surface area contributed by atoms with E-state index in [1.54, 1.807) is 12.1 Å². The first kappa shape index (κ1) is 26.2. The van der Waals surface area contributed by atoms with E-state index in [9.17, 15) is 17.6 Å². The lowest BCUT2D eigenvalue weighted by Crippen LogP contribution is -1.96. The Bertz CT molecular complexity index is 2400. The third kappa shape index (κ3) is 4.06. The minimum absolute atomic E-state index is 0.230. The molecule has 0 saturated carbocycles. The predicted octanol–water partition coefficient (Wildman–Crippen LogP) is 11.9. The van der Waals surface area contributed by atoms with Crippen molar-refractivity contribution in [1.82, 2.24) is 0 Å². The van der Waals surface area contributed by atoms with Crippen LogP contribution < -0.4 is 0 Å². The number of fused-ring (bicyclic) bond motifs is 5. The molecular formula is C40H22F4. The Kier molecular flexibility index (Phi) is 5.98. The number of hydrogen-bond donors (Lipinski definition) is 0. The van der Waals surface area contributed by atoms with Crippen LogP contribution in [0, 0.1) is 23.3 Å². The number of rotatable bonds is 3. The van der Waals surface area contributed by atoms with Gasteiger partial charge in [0.25, 0.3) is 0 Å². The van der Waals surface area contributed by atoms with Crippen molar-refractivity contribution in [2.24, 2.45) is 0 Å². The average Bonchev–Trinajstić information content (AvgIpc) is 3.05. The molecule has 0 unspecified atom stereocenters. The molecule has 0 radical (unpaired) electrons. The summed E-state index contributed by atoms with van der Waals surface area (Å²) in [6.07, 6.45) is 0. The van der Waals surface area contributed by atoms with Gasteiger partial charge in [-0.3, -0.25) is 0 Å². The van der Waals surface area contributed by atoms with Crippen LogP contribution in [0.2, 0.25) is 0 Å². The maximum absolute atomic E-state index is 14.7. The van der Waals surface area contributed by atoms with Gasteiger partial charge in [0.2, 0.25) is 0 Å². The molecule has 0 aliphatic heterocycles. The van der Waals surface area contributed by atoms with Gasteiger partial charge in [-0.2, -0.15) is 0 Å². The lowest BCUT2D eigenvalue weighted by atomic mass is 9.83. The molecule has 0 spiro atoms. The first-order valence-electron chi connectivity index (χ1n) is 14.3. The number of halogens is 4. The highest BCUT2D eigenvalue weighted by atomic mass is 19.2. The second-order valence-corrected chi connectivity index (χ2v) is 11.0. The monoisotopic (exact) mass is 578 g/mol. The van der Waals surface area contributed by atoms with Crippen molar-refractivity contribution < 1.29 is 17.6 Å². The van der Waals surface area contributed by atoms with Gasteiger partial charge in [0.1, 0.15) is 5.82 Å². The molecular weight excluding hydrogens is 556 g/mol. The highest BCUT2D eigenvalue weighted by Gasteiger charge is 2.21. The van der Waals surface area contributed by atoms with Gasteiger partial charge < -0.3 is 0 Å². The van der Waals surface area contributed by atoms with Crippen LogP contribution in [0.4, 0.5) is 17.6 Å². The van der Waals surface area contributed by atoms with Gasteiger partial charge in [-0.05, 0) is 113 Å². The summed E-state index contributed by atoms with van der Waals surface area (Å²) in [5.74, 6) is -4.36. The molecule has 0 fully saturated rings. The Morgan fingerprint density at radius 1 is 0.341 bits per heavy atom. The molecule has 0 heterocycles. The molecule has 210 valence electrons. The average molecular weight is 579 g/mol. The summed E-state index contributed by atoms with van der Waals surface area (Å²) in [6, 6.07) is 40.8. The molecule has 4 heteroatoms. The van der Waals surface area contributed by atoms with Crippen LogP contribution in [0.5, 0.6) is 0 Å². The summed E-state index contributed by atoms with van der Waals surface area (Å²) in [6.45, 7) is 0. The van der Waals surface area contributed by atoms with Crippen LogP contribution in [0.1, 0.15) is 0 Å². The van der Waals surface area contributed by atoms with E-state index in [-0.39, 0.29) is 11.4 Å². The first-order valence-corrected chi connectivity index (χ1v) is 14.3. The SMILES string of the molecule is Fc1ccc(-c2ccc3c(-c4cc5ccccc5c5ccccc45)c4ccccc4c(-c4cc(F)c(F)c(F)c4)c3c2)cc1. The summed E-state index contributed by atoms with van der Waals surface area (Å²) in [7, 11) is 0. The van der Waals surface area contributed by atoms with Crippen molar-refractivity contribution in [3.63, 3.8) is 0 Å². The van der Waals surface area contributed by atoms with Gasteiger partial charge in [0, 0.05) is 0 Å². The van der Waals surface area contributed by atoms with Crippen molar-refractivity contribution in [3.8, 4) is 33.4 Å². The highest BCUT2D eigenvalue weighted by molar-refractivity contribution is 6.26. The summed E-state index contributed by atoms with van der Waals surface area (Å²) in [5, 5.41) is 7.71. The van der Waals surface area contributed by atoms with Gasteiger partial charge in [-0.1, -0.05) is 97.1 Å². The summed E-state index contributed by atoms with van der Waals surface area (Å²) in [5.41, 5.74) is 4.43. The van der Waals surface area contributed by atoms with E-state index in [1.165, 1.54) is 12.1 Å². The number of benzene rings is 8. The van der Waals surface area contributed by atoms with Crippen LogP contribution in [-0.2, 0) is 0 Å². The Balaban J connectivity index is 1.57. The van der Waals surface area contributed by atoms with Gasteiger partial charge in [0.15, 0.2) is 17.5 Å². The number of hydrogen-bond acceptors (Lipinski definition) is 0. The van der Waals surface area contributed by atoms with Gasteiger partial charge in [-0.15, -0.1) is 0 Å². The minimum atomic E-state index is -1.51. The van der Waals surface area contributed by atoms with Crippen molar-refractivity contribution in [3.05, 3.63) is 157 Å². The van der Waals surface area contributed by atoms with Crippen LogP contribution in [0.15, 0.2) is 133 Å². The molecule has 0 bridgehead atoms. The fraction of sp³-hybridized carbons (Fsp3) is 0. The molecule has 8 aromatic carbocycles. The Labute approximate surface area is 250 Å². The molecule has 0 aliphatic carbocycles. The summed E-state index contributed by atoms with van der Waals surface area (Å²) < 4.78 is 57.4. The highest BCUT2D eigenvalue weighted by Crippen LogP contribution is 2.47. The Morgan fingerprint density at radius 3 is 1.59 bits per heavy atom. The smallest absolute Gasteiger partial charge is 0.194 e. The standard InChI is InChI=1S/C40H22F4/c41-27-16-13-23(14-17-27)24-15-18-33-35(19-24)38(26-21-36(42)40(44)37(43)22-26)31-11-5-6-12-32(31)39(33)34-20-25-7-1-2-8-28(25)29-9-3-4-10-30(29)34/h1-22H. The summed E-state index contributed by atoms with van der Waals surface area (Å²) >= 11 is 0. The molecule has 8 aromatic rings. The van der Waals surface area contributed by atoms with E-state index in [0.717, 1.165) is 77.5 Å². The molecule has 0 nitrogen and oxygen atoms in total. The van der Waals surface area contributed by atoms with Crippen molar-refractivity contribution in [1.29, 1.82) is 0 Å². The second-order valence-electron chi connectivity index (χ2n) is 11.0. The maximum atomic E-state index is 14.7. The zero-order chi connectivity index (χ0) is 29.9. The predicted molar refractivity (Wildman–Crippen MR) is 173 cm³/mol. The van der Waals surface area contributed by atoms with Gasteiger partial charge in [0.05, 0.1) is 0 Å². The van der Waals surface area contributed by atoms with Crippen molar-refractivity contribution >= 4 is 43.1 Å². The Morgan fingerprint density at radius 2 is 0.886 bits per heavy atom. The fourth-order valence-corrected chi connectivity index (χ4v) is 6.56. The van der Waals surface area contributed by atoms with Gasteiger partial charge in [-0.25, -0.2) is 17.6 Å². The zero-order valence-corrected chi connectivity index (χ0v) is 23.2. The molecule has 0 aromatic heterocycles. The molecule has 0 saturated heterocycles. The van der Waals surface area contributed by atoms with Crippen LogP contribution in [0.3, 0.4) is 0 Å². The molecule has 8 rings (SSSR count). The van der Waals surface area contributed by atoms with Crippen molar-refractivity contribution in [2.75, 3.05) is 0 Å². The molecule has 0 N–H and O–H groups in total. The van der Waals surface area contributed by atoms with E-state index in [4.69, 9.17) is 0 Å². The third-order valence-electron chi connectivity index (χ3n) is 8.51. The quantitative estimate of drug-likeness (QED) is 0.0847. The van der Waals surface area contributed by atoms with E-state index < -0.39 is 17.5 Å². The van der Waals surface area contributed by atoms with Crippen LogP contribution in [-0.4, -0.2) is 0 Å². The first-order chi connectivity index (χ1) is 21.5. The summed E-state index contributed by atoms with van der Waals surface area (Å²) in [4.78, 5) is 0. The largest absolute Gasteiger partial charge is 0.207 e. The van der Waals surface area contributed by atoms with E-state index in [1.807, 2.05) is 66.7 Å². The Hall–Kier alpha value is -5.48. The molecule has 0 aliphatic rings. The van der Waals surface area contributed by atoms with Crippen LogP contribution in [0.25, 0.3) is 76.5 Å². The van der Waals surface area contributed by atoms with E-state index >= 15 is 0 Å². The normalized spacial score (nSPS) is 11.6. The van der Waals surface area contributed by atoms with E-state index in [2.05, 4.69) is 30.3 Å². The maximum Gasteiger partial charge on any atom is 0.194 e. The van der Waals surface area contributed by atoms with Crippen molar-refractivity contribution in [2.45, 2.75) is 0 Å². The third-order valence-corrected chi connectivity index (χ3v) is 8.51. The molecule has 0 atom stereocenters. The fourth-order valence-electron chi connectivity index (χ4n) is 6.56. The lowest BCUT2D eigenvalue weighted by Gasteiger charge is -2.20. The minimum Gasteiger partial charge on any atom is -0.207 e. The topological polar surface area (TPSA) is 0 Å². The second kappa shape index (κ2) is 10.1. The van der Waals surface area contributed by atoms with Gasteiger partial charge >= 0.3 is 0 Å². The van der Waals surface area contributed by atoms with E-state index in [0.29, 0.717) is 5.56 Å². The lowest BCUT2D eigenvalue weighted by molar-refractivity contribution is 0.448. The zero-order valence-electron chi connectivity index (χ0n) is 23.2.